The molecule has 2 aromatic heterocycles. The number of carbonyl (C=O) groups is 1. The number of nitrogen functional groups attached to an aromatic ring is 1. The number of hydrazone groups is 1. The van der Waals surface area contributed by atoms with E-state index in [1.54, 1.807) is 6.92 Å². The largest absolute Gasteiger partial charge is 0.488 e. The van der Waals surface area contributed by atoms with E-state index in [4.69, 9.17) is 10.5 Å². The molecule has 2 heterocycles. The molecule has 174 valence electrons. The fourth-order valence-corrected chi connectivity index (χ4v) is 3.73. The van der Waals surface area contributed by atoms with Gasteiger partial charge in [0.15, 0.2) is 5.69 Å². The third-order valence-corrected chi connectivity index (χ3v) is 5.63. The predicted octanol–water partition coefficient (Wildman–Crippen LogP) is 3.02. The van der Waals surface area contributed by atoms with E-state index < -0.39 is 5.91 Å². The van der Waals surface area contributed by atoms with E-state index in [-0.39, 0.29) is 23.9 Å². The number of rotatable bonds is 9. The Morgan fingerprint density at radius 1 is 1.18 bits per heavy atom. The lowest BCUT2D eigenvalue weighted by molar-refractivity contribution is 0.0949. The van der Waals surface area contributed by atoms with Gasteiger partial charge in [0.25, 0.3) is 5.91 Å². The lowest BCUT2D eigenvalue weighted by Gasteiger charge is -2.07. The van der Waals surface area contributed by atoms with Crippen LogP contribution in [0.3, 0.4) is 0 Å². The molecule has 0 aliphatic carbocycles. The number of amides is 1. The monoisotopic (exact) mass is 478 g/mol. The van der Waals surface area contributed by atoms with Gasteiger partial charge in [-0.3, -0.25) is 4.79 Å². The maximum Gasteiger partial charge on any atom is 0.293 e. The molecule has 0 bridgehead atoms. The average molecular weight is 479 g/mol. The number of anilines is 1. The summed E-state index contributed by atoms with van der Waals surface area (Å²) in [6.07, 6.45) is 0. The van der Waals surface area contributed by atoms with E-state index >= 15 is 0 Å². The zero-order chi connectivity index (χ0) is 23.9. The lowest BCUT2D eigenvalue weighted by atomic mass is 10.2. The van der Waals surface area contributed by atoms with Gasteiger partial charge in [0.1, 0.15) is 12.4 Å². The number of thioether (sulfide) groups is 1. The highest BCUT2D eigenvalue weighted by molar-refractivity contribution is 7.98. The Labute approximate surface area is 199 Å². The number of para-hydroxylation sites is 1. The van der Waals surface area contributed by atoms with Gasteiger partial charge in [-0.15, -0.1) is 16.9 Å². The van der Waals surface area contributed by atoms with Crippen LogP contribution in [0.4, 0.5) is 5.82 Å². The summed E-state index contributed by atoms with van der Waals surface area (Å²) in [5, 5.41) is 19.6. The number of nitrogens with two attached hydrogens (primary N) is 1. The standard InChI is InChI=1S/C22H22N8O3S/c1-14-8-10-17(11-9-14)34-13-18-19(25-29-30(18)21-20(23)27-33-28-21)22(31)26-24-15(2)12-32-16-6-4-3-5-7-16/h3-11H,12-13H2,1-2H3,(H2,23,27)(H,26,31)/b24-15+. The number of nitrogens with zero attached hydrogens (tertiary/aromatic N) is 6. The fraction of sp³-hybridized carbons (Fsp3) is 0.182. The van der Waals surface area contributed by atoms with E-state index in [0.717, 1.165) is 10.5 Å². The molecule has 0 fully saturated rings. The van der Waals surface area contributed by atoms with Crippen LogP contribution in [0.15, 0.2) is 69.2 Å². The Balaban J connectivity index is 1.50. The highest BCUT2D eigenvalue weighted by atomic mass is 32.2. The van der Waals surface area contributed by atoms with Gasteiger partial charge in [-0.1, -0.05) is 41.1 Å². The van der Waals surface area contributed by atoms with Crippen LogP contribution in [0, 0.1) is 6.92 Å². The zero-order valence-corrected chi connectivity index (χ0v) is 19.3. The Hall–Kier alpha value is -4.19. The molecule has 0 aliphatic heterocycles. The number of hydrogen-bond acceptors (Lipinski definition) is 10. The molecule has 0 spiro atoms. The van der Waals surface area contributed by atoms with Crippen LogP contribution in [0.25, 0.3) is 5.82 Å². The minimum absolute atomic E-state index is 0.0328. The van der Waals surface area contributed by atoms with Gasteiger partial charge >= 0.3 is 0 Å². The van der Waals surface area contributed by atoms with Crippen LogP contribution in [0.2, 0.25) is 0 Å². The fourth-order valence-electron chi connectivity index (χ4n) is 2.84. The summed E-state index contributed by atoms with van der Waals surface area (Å²) in [4.78, 5) is 13.9. The summed E-state index contributed by atoms with van der Waals surface area (Å²) in [5.41, 5.74) is 10.6. The van der Waals surface area contributed by atoms with Gasteiger partial charge in [0, 0.05) is 10.6 Å². The molecule has 1 amide bonds. The molecular formula is C22H22N8O3S. The number of ether oxygens (including phenoxy) is 1. The van der Waals surface area contributed by atoms with Gasteiger partial charge in [-0.2, -0.15) is 9.78 Å². The number of aromatic nitrogens is 5. The van der Waals surface area contributed by atoms with Crippen molar-refractivity contribution in [3.8, 4) is 11.6 Å². The van der Waals surface area contributed by atoms with Crippen molar-refractivity contribution in [3.63, 3.8) is 0 Å². The second-order valence-corrected chi connectivity index (χ2v) is 8.31. The molecule has 4 rings (SSSR count). The van der Waals surface area contributed by atoms with Crippen molar-refractivity contribution in [2.24, 2.45) is 5.10 Å². The van der Waals surface area contributed by atoms with Crippen molar-refractivity contribution in [3.05, 3.63) is 71.5 Å². The molecule has 34 heavy (non-hydrogen) atoms. The van der Waals surface area contributed by atoms with E-state index in [9.17, 15) is 4.79 Å². The highest BCUT2D eigenvalue weighted by Crippen LogP contribution is 2.26. The molecule has 0 radical (unpaired) electrons. The lowest BCUT2D eigenvalue weighted by Crippen LogP contribution is -2.23. The number of benzene rings is 2. The number of aryl methyl sites for hydroxylation is 1. The quantitative estimate of drug-likeness (QED) is 0.210. The molecule has 0 saturated carbocycles. The van der Waals surface area contributed by atoms with E-state index in [2.05, 4.69) is 35.8 Å². The zero-order valence-electron chi connectivity index (χ0n) is 18.5. The Morgan fingerprint density at radius 3 is 2.65 bits per heavy atom. The van der Waals surface area contributed by atoms with Gasteiger partial charge in [-0.25, -0.2) is 10.1 Å². The SMILES string of the molecule is C/C(COc1ccccc1)=N\NC(=O)c1nnn(-c2nonc2N)c1CSc1ccc(C)cc1. The molecule has 2 aromatic carbocycles. The van der Waals surface area contributed by atoms with E-state index in [0.29, 0.717) is 22.9 Å². The van der Waals surface area contributed by atoms with Gasteiger partial charge in [-0.05, 0) is 48.4 Å². The Morgan fingerprint density at radius 2 is 1.94 bits per heavy atom. The molecule has 4 aromatic rings. The van der Waals surface area contributed by atoms with Crippen molar-refractivity contribution in [1.29, 1.82) is 0 Å². The van der Waals surface area contributed by atoms with E-state index in [1.165, 1.54) is 16.4 Å². The summed E-state index contributed by atoms with van der Waals surface area (Å²) in [5.74, 6) is 0.734. The second-order valence-electron chi connectivity index (χ2n) is 7.26. The van der Waals surface area contributed by atoms with Crippen LogP contribution in [-0.4, -0.2) is 43.5 Å². The van der Waals surface area contributed by atoms with Crippen molar-refractivity contribution in [2.75, 3.05) is 12.3 Å². The Kier molecular flexibility index (Phi) is 7.18. The predicted molar refractivity (Wildman–Crippen MR) is 127 cm³/mol. The number of hydrogen-bond donors (Lipinski definition) is 2. The van der Waals surface area contributed by atoms with Gasteiger partial charge < -0.3 is 10.5 Å². The molecule has 0 aliphatic rings. The van der Waals surface area contributed by atoms with Gasteiger partial charge in [0.2, 0.25) is 11.6 Å². The maximum atomic E-state index is 12.9. The van der Waals surface area contributed by atoms with Crippen molar-refractivity contribution < 1.29 is 14.2 Å². The molecule has 12 heteroatoms. The van der Waals surface area contributed by atoms with Crippen LogP contribution in [0.1, 0.15) is 28.7 Å². The summed E-state index contributed by atoms with van der Waals surface area (Å²) in [6, 6.07) is 17.4. The second kappa shape index (κ2) is 10.6. The summed E-state index contributed by atoms with van der Waals surface area (Å²) < 4.78 is 11.7. The van der Waals surface area contributed by atoms with Crippen molar-refractivity contribution in [2.45, 2.75) is 24.5 Å². The molecular weight excluding hydrogens is 456 g/mol. The molecule has 0 atom stereocenters. The van der Waals surface area contributed by atoms with Crippen LogP contribution < -0.4 is 15.9 Å². The van der Waals surface area contributed by atoms with Crippen molar-refractivity contribution >= 4 is 29.2 Å². The molecule has 0 saturated heterocycles. The maximum absolute atomic E-state index is 12.9. The third-order valence-electron chi connectivity index (χ3n) is 4.61. The first-order valence-electron chi connectivity index (χ1n) is 10.2. The minimum atomic E-state index is -0.528. The minimum Gasteiger partial charge on any atom is -0.488 e. The number of carbonyl (C=O) groups excluding carboxylic acids is 1. The van der Waals surface area contributed by atoms with Gasteiger partial charge in [0.05, 0.1) is 11.4 Å². The van der Waals surface area contributed by atoms with E-state index in [1.807, 2.05) is 61.5 Å². The summed E-state index contributed by atoms with van der Waals surface area (Å²) >= 11 is 1.51. The topological polar surface area (TPSA) is 146 Å². The molecule has 3 N–H and O–H groups in total. The smallest absolute Gasteiger partial charge is 0.293 e. The Bertz CT molecular complexity index is 1290. The normalized spacial score (nSPS) is 11.4. The van der Waals surface area contributed by atoms with Crippen LogP contribution in [-0.2, 0) is 5.75 Å². The third kappa shape index (κ3) is 5.59. The average Bonchev–Trinajstić information content (AvgIpc) is 3.47. The van der Waals surface area contributed by atoms with Crippen molar-refractivity contribution in [1.82, 2.24) is 30.7 Å². The molecule has 0 unspecified atom stereocenters. The first kappa shape index (κ1) is 23.0. The summed E-state index contributed by atoms with van der Waals surface area (Å²) in [7, 11) is 0. The highest BCUT2D eigenvalue weighted by Gasteiger charge is 2.24. The first-order valence-corrected chi connectivity index (χ1v) is 11.2. The first-order chi connectivity index (χ1) is 16.5. The van der Waals surface area contributed by atoms with Crippen LogP contribution >= 0.6 is 11.8 Å². The number of nitrogens with one attached hydrogen (secondary N) is 1. The van der Waals surface area contributed by atoms with Crippen LogP contribution in [0.5, 0.6) is 5.75 Å². The molecule has 11 nitrogen and oxygen atoms in total. The summed E-state index contributed by atoms with van der Waals surface area (Å²) in [6.45, 7) is 3.98.